The van der Waals surface area contributed by atoms with E-state index in [4.69, 9.17) is 0 Å². The molecule has 1 N–H and O–H groups in total. The number of sulfonamides is 1. The zero-order valence-electron chi connectivity index (χ0n) is 14.0. The summed E-state index contributed by atoms with van der Waals surface area (Å²) in [6.07, 6.45) is 0. The second-order valence-corrected chi connectivity index (χ2v) is 9.32. The molecule has 26 heavy (non-hydrogen) atoms. The van der Waals surface area contributed by atoms with Crippen molar-refractivity contribution in [2.75, 3.05) is 4.72 Å². The van der Waals surface area contributed by atoms with Crippen molar-refractivity contribution in [1.29, 1.82) is 0 Å². The van der Waals surface area contributed by atoms with Gasteiger partial charge in [0.25, 0.3) is 10.0 Å². The Labute approximate surface area is 153 Å². The lowest BCUT2D eigenvalue weighted by Crippen LogP contribution is -2.15. The molecule has 7 heteroatoms. The normalized spacial score (nSPS) is 11.9. The molecule has 0 aliphatic heterocycles. The lowest BCUT2D eigenvalue weighted by molar-refractivity contribution is 0.595. The maximum atomic E-state index is 12.8. The van der Waals surface area contributed by atoms with Gasteiger partial charge in [-0.2, -0.15) is 0 Å². The van der Waals surface area contributed by atoms with Gasteiger partial charge in [0.2, 0.25) is 9.84 Å². The van der Waals surface area contributed by atoms with Gasteiger partial charge in [-0.25, -0.2) is 16.8 Å². The van der Waals surface area contributed by atoms with Gasteiger partial charge in [0, 0.05) is 5.69 Å². The van der Waals surface area contributed by atoms with Crippen molar-refractivity contribution in [3.05, 3.63) is 84.4 Å². The van der Waals surface area contributed by atoms with E-state index >= 15 is 0 Å². The Morgan fingerprint density at radius 2 is 1.27 bits per heavy atom. The van der Waals surface area contributed by atoms with E-state index in [2.05, 4.69) is 4.72 Å². The van der Waals surface area contributed by atoms with Crippen LogP contribution >= 0.6 is 0 Å². The number of sulfone groups is 1. The summed E-state index contributed by atoms with van der Waals surface area (Å²) < 4.78 is 53.5. The summed E-state index contributed by atoms with van der Waals surface area (Å²) >= 11 is 0. The van der Waals surface area contributed by atoms with Crippen LogP contribution in [0.3, 0.4) is 0 Å². The van der Waals surface area contributed by atoms with Gasteiger partial charge in [-0.1, -0.05) is 42.5 Å². The predicted molar refractivity (Wildman–Crippen MR) is 100 cm³/mol. The van der Waals surface area contributed by atoms with E-state index < -0.39 is 19.9 Å². The molecule has 0 aromatic heterocycles. The minimum Gasteiger partial charge on any atom is -0.280 e. The van der Waals surface area contributed by atoms with Crippen LogP contribution in [-0.4, -0.2) is 16.8 Å². The maximum Gasteiger partial charge on any atom is 0.262 e. The Balaban J connectivity index is 2.06. The quantitative estimate of drug-likeness (QED) is 0.725. The summed E-state index contributed by atoms with van der Waals surface area (Å²) in [6, 6.07) is 20.5. The van der Waals surface area contributed by atoms with Gasteiger partial charge in [-0.3, -0.25) is 4.72 Å². The maximum absolute atomic E-state index is 12.8. The largest absolute Gasteiger partial charge is 0.280 e. The highest BCUT2D eigenvalue weighted by atomic mass is 32.2. The molecule has 0 saturated heterocycles. The monoisotopic (exact) mass is 387 g/mol. The number of anilines is 1. The van der Waals surface area contributed by atoms with Crippen LogP contribution in [0.4, 0.5) is 5.69 Å². The molecule has 0 aliphatic carbocycles. The minimum absolute atomic E-state index is 0.0669. The molecule has 0 saturated carbocycles. The molecular weight excluding hydrogens is 370 g/mol. The van der Waals surface area contributed by atoms with Crippen molar-refractivity contribution in [2.24, 2.45) is 0 Å². The van der Waals surface area contributed by atoms with E-state index in [-0.39, 0.29) is 14.7 Å². The number of nitrogens with one attached hydrogen (secondary N) is 1. The number of hydrogen-bond acceptors (Lipinski definition) is 4. The van der Waals surface area contributed by atoms with Gasteiger partial charge in [-0.15, -0.1) is 0 Å². The van der Waals surface area contributed by atoms with Crippen LogP contribution in [0.5, 0.6) is 0 Å². The second-order valence-electron chi connectivity index (χ2n) is 5.72. The Hall–Kier alpha value is -2.64. The van der Waals surface area contributed by atoms with Gasteiger partial charge in [0.15, 0.2) is 0 Å². The van der Waals surface area contributed by atoms with Crippen molar-refractivity contribution in [3.63, 3.8) is 0 Å². The molecule has 0 fully saturated rings. The molecule has 0 amide bonds. The van der Waals surface area contributed by atoms with Crippen molar-refractivity contribution in [2.45, 2.75) is 21.6 Å². The first-order valence-corrected chi connectivity index (χ1v) is 10.8. The molecule has 0 unspecified atom stereocenters. The van der Waals surface area contributed by atoms with Crippen molar-refractivity contribution < 1.29 is 16.8 Å². The van der Waals surface area contributed by atoms with Crippen molar-refractivity contribution in [3.8, 4) is 0 Å². The summed E-state index contributed by atoms with van der Waals surface area (Å²) in [6.45, 7) is 1.62. The zero-order valence-corrected chi connectivity index (χ0v) is 15.6. The molecule has 0 aliphatic rings. The molecule has 0 atom stereocenters. The number of aryl methyl sites for hydroxylation is 1. The second kappa shape index (κ2) is 6.93. The highest BCUT2D eigenvalue weighted by Crippen LogP contribution is 2.26. The first kappa shape index (κ1) is 18.2. The van der Waals surface area contributed by atoms with Crippen LogP contribution in [0.1, 0.15) is 5.56 Å². The molecule has 0 heterocycles. The third kappa shape index (κ3) is 3.63. The zero-order chi connectivity index (χ0) is 18.8. The minimum atomic E-state index is -3.92. The fourth-order valence-electron chi connectivity index (χ4n) is 2.49. The molecule has 134 valence electrons. The van der Waals surface area contributed by atoms with Crippen LogP contribution in [-0.2, 0) is 19.9 Å². The topological polar surface area (TPSA) is 80.3 Å². The number of rotatable bonds is 5. The van der Waals surface area contributed by atoms with Gasteiger partial charge >= 0.3 is 0 Å². The molecule has 3 rings (SSSR count). The van der Waals surface area contributed by atoms with Gasteiger partial charge in [0.05, 0.1) is 14.7 Å². The van der Waals surface area contributed by atoms with Crippen LogP contribution in [0.25, 0.3) is 0 Å². The summed E-state index contributed by atoms with van der Waals surface area (Å²) in [5, 5.41) is 0. The smallest absolute Gasteiger partial charge is 0.262 e. The van der Waals surface area contributed by atoms with E-state index in [1.807, 2.05) is 0 Å². The Morgan fingerprint density at radius 3 is 1.88 bits per heavy atom. The summed E-state index contributed by atoms with van der Waals surface area (Å²) in [4.78, 5) is -0.0238. The molecule has 0 bridgehead atoms. The third-order valence-corrected chi connectivity index (χ3v) is 7.13. The van der Waals surface area contributed by atoms with E-state index in [9.17, 15) is 16.8 Å². The Bertz CT molecular complexity index is 1120. The average molecular weight is 387 g/mol. The van der Waals surface area contributed by atoms with E-state index in [1.54, 1.807) is 55.5 Å². The first-order chi connectivity index (χ1) is 12.3. The van der Waals surface area contributed by atoms with E-state index in [0.29, 0.717) is 11.3 Å². The van der Waals surface area contributed by atoms with E-state index in [1.165, 1.54) is 30.3 Å². The van der Waals surface area contributed by atoms with Crippen molar-refractivity contribution >= 4 is 25.5 Å². The SMILES string of the molecule is Cc1ccc(S(=O)(=O)c2ccccc2)cc1S(=O)(=O)Nc1ccccc1. The summed E-state index contributed by atoms with van der Waals surface area (Å²) in [5.41, 5.74) is 0.865. The highest BCUT2D eigenvalue weighted by molar-refractivity contribution is 7.93. The molecule has 3 aromatic carbocycles. The Morgan fingerprint density at radius 1 is 0.692 bits per heavy atom. The summed E-state index contributed by atoms with van der Waals surface area (Å²) in [7, 11) is -7.73. The lowest BCUT2D eigenvalue weighted by Gasteiger charge is -2.12. The fourth-order valence-corrected chi connectivity index (χ4v) is 5.20. The fraction of sp³-hybridized carbons (Fsp3) is 0.0526. The van der Waals surface area contributed by atoms with Gasteiger partial charge in [0.1, 0.15) is 0 Å². The van der Waals surface area contributed by atoms with Gasteiger partial charge < -0.3 is 0 Å². The van der Waals surface area contributed by atoms with E-state index in [0.717, 1.165) is 0 Å². The average Bonchev–Trinajstić information content (AvgIpc) is 2.63. The standard InChI is InChI=1S/C19H17NO4S2/c1-15-12-13-18(25(21,22)17-10-6-3-7-11-17)14-19(15)26(23,24)20-16-8-4-2-5-9-16/h2-14,20H,1H3. The third-order valence-electron chi connectivity index (χ3n) is 3.84. The van der Waals surface area contributed by atoms with Crippen LogP contribution in [0, 0.1) is 6.92 Å². The number of hydrogen-bond donors (Lipinski definition) is 1. The molecular formula is C19H17NO4S2. The van der Waals surface area contributed by atoms with Crippen LogP contribution in [0.15, 0.2) is 93.5 Å². The number of para-hydroxylation sites is 1. The molecule has 5 nitrogen and oxygen atoms in total. The van der Waals surface area contributed by atoms with Crippen LogP contribution < -0.4 is 4.72 Å². The van der Waals surface area contributed by atoms with Crippen LogP contribution in [0.2, 0.25) is 0 Å². The highest BCUT2D eigenvalue weighted by Gasteiger charge is 2.23. The van der Waals surface area contributed by atoms with Crippen molar-refractivity contribution in [1.82, 2.24) is 0 Å². The molecule has 0 spiro atoms. The Kier molecular flexibility index (Phi) is 4.84. The predicted octanol–water partition coefficient (Wildman–Crippen LogP) is 3.63. The van der Waals surface area contributed by atoms with Gasteiger partial charge in [-0.05, 0) is 48.9 Å². The molecule has 0 radical (unpaired) electrons. The lowest BCUT2D eigenvalue weighted by atomic mass is 10.2. The first-order valence-electron chi connectivity index (χ1n) is 7.79. The summed E-state index contributed by atoms with van der Waals surface area (Å²) in [5.74, 6) is 0. The number of benzene rings is 3. The molecule has 3 aromatic rings.